The average Bonchev–Trinajstić information content (AvgIpc) is 2.32. The zero-order chi connectivity index (χ0) is 14.5. The number of hydrogen-bond donors (Lipinski definition) is 2. The molecule has 0 radical (unpaired) electrons. The van der Waals surface area contributed by atoms with Crippen LogP contribution in [0.5, 0.6) is 11.5 Å². The Hall–Kier alpha value is -1.24. The van der Waals surface area contributed by atoms with Crippen molar-refractivity contribution in [2.45, 2.75) is 26.4 Å². The van der Waals surface area contributed by atoms with Gasteiger partial charge in [-0.15, -0.1) is 0 Å². The maximum atomic E-state index is 9.37. The Morgan fingerprint density at radius 2 is 1.74 bits per heavy atom. The Bertz CT molecular complexity index is 401. The van der Waals surface area contributed by atoms with Crippen LogP contribution in [0.15, 0.2) is 18.2 Å². The van der Waals surface area contributed by atoms with E-state index in [4.69, 9.17) is 14.2 Å². The van der Waals surface area contributed by atoms with Crippen LogP contribution in [-0.2, 0) is 4.74 Å². The molecule has 0 aliphatic heterocycles. The average molecular weight is 268 g/mol. The molecule has 106 valence electrons. The van der Waals surface area contributed by atoms with Gasteiger partial charge in [0.2, 0.25) is 0 Å². The van der Waals surface area contributed by atoms with Crippen molar-refractivity contribution in [1.29, 1.82) is 0 Å². The third-order valence-corrected chi connectivity index (χ3v) is 2.38. The van der Waals surface area contributed by atoms with E-state index in [2.05, 4.69) is 0 Å². The third kappa shape index (κ3) is 5.10. The Balaban J connectivity index is 2.68. The van der Waals surface area contributed by atoms with Gasteiger partial charge in [-0.3, -0.25) is 0 Å². The minimum atomic E-state index is -1.64. The standard InChI is InChI=1S/C13H21BO5/c1-13(2,3)19-9-8-18-11-7-5-6-10(17-4)12(11)14(15)16/h5-7,15-16H,8-9H2,1-4H3. The molecular weight excluding hydrogens is 247 g/mol. The fourth-order valence-electron chi connectivity index (χ4n) is 1.58. The molecule has 0 atom stereocenters. The number of hydrogen-bond acceptors (Lipinski definition) is 5. The molecule has 0 aliphatic carbocycles. The summed E-state index contributed by atoms with van der Waals surface area (Å²) in [6.07, 6.45) is 0. The first-order valence-electron chi connectivity index (χ1n) is 6.15. The summed E-state index contributed by atoms with van der Waals surface area (Å²) in [5.74, 6) is 0.760. The van der Waals surface area contributed by atoms with Crippen LogP contribution in [0.1, 0.15) is 20.8 Å². The lowest BCUT2D eigenvalue weighted by Gasteiger charge is -2.20. The van der Waals surface area contributed by atoms with Crippen LogP contribution in [0.2, 0.25) is 0 Å². The number of ether oxygens (including phenoxy) is 3. The van der Waals surface area contributed by atoms with Gasteiger partial charge >= 0.3 is 7.12 Å². The maximum Gasteiger partial charge on any atom is 0.496 e. The highest BCUT2D eigenvalue weighted by atomic mass is 16.5. The molecule has 2 N–H and O–H groups in total. The Morgan fingerprint density at radius 1 is 1.11 bits per heavy atom. The van der Waals surface area contributed by atoms with Crippen molar-refractivity contribution in [2.24, 2.45) is 0 Å². The predicted molar refractivity (Wildman–Crippen MR) is 74.0 cm³/mol. The van der Waals surface area contributed by atoms with Gasteiger partial charge < -0.3 is 24.3 Å². The van der Waals surface area contributed by atoms with Crippen LogP contribution in [0, 0.1) is 0 Å². The van der Waals surface area contributed by atoms with Gasteiger partial charge in [0.1, 0.15) is 18.1 Å². The largest absolute Gasteiger partial charge is 0.497 e. The topological polar surface area (TPSA) is 68.2 Å². The molecule has 0 aliphatic rings. The molecule has 0 heterocycles. The van der Waals surface area contributed by atoms with E-state index in [1.54, 1.807) is 18.2 Å². The first kappa shape index (κ1) is 15.8. The minimum Gasteiger partial charge on any atom is -0.497 e. The Labute approximate surface area is 114 Å². The van der Waals surface area contributed by atoms with Gasteiger partial charge in [-0.2, -0.15) is 0 Å². The van der Waals surface area contributed by atoms with Crippen LogP contribution >= 0.6 is 0 Å². The molecule has 5 nitrogen and oxygen atoms in total. The van der Waals surface area contributed by atoms with E-state index in [1.807, 2.05) is 20.8 Å². The fraction of sp³-hybridized carbons (Fsp3) is 0.538. The van der Waals surface area contributed by atoms with Gasteiger partial charge in [0.15, 0.2) is 0 Å². The van der Waals surface area contributed by atoms with Crippen molar-refractivity contribution in [1.82, 2.24) is 0 Å². The summed E-state index contributed by atoms with van der Waals surface area (Å²) >= 11 is 0. The maximum absolute atomic E-state index is 9.37. The number of rotatable bonds is 6. The molecule has 1 aromatic rings. The van der Waals surface area contributed by atoms with Crippen LogP contribution in [0.25, 0.3) is 0 Å². The highest BCUT2D eigenvalue weighted by Crippen LogP contribution is 2.17. The van der Waals surface area contributed by atoms with E-state index in [0.29, 0.717) is 24.7 Å². The fourth-order valence-corrected chi connectivity index (χ4v) is 1.58. The van der Waals surface area contributed by atoms with Gasteiger partial charge in [0.25, 0.3) is 0 Å². The molecule has 1 aromatic carbocycles. The van der Waals surface area contributed by atoms with Gasteiger partial charge in [-0.1, -0.05) is 6.07 Å². The molecule has 0 aromatic heterocycles. The van der Waals surface area contributed by atoms with Crippen LogP contribution in [0.4, 0.5) is 0 Å². The van der Waals surface area contributed by atoms with Gasteiger partial charge in [-0.25, -0.2) is 0 Å². The first-order chi connectivity index (χ1) is 8.85. The molecule has 19 heavy (non-hydrogen) atoms. The summed E-state index contributed by atoms with van der Waals surface area (Å²) in [5.41, 5.74) is -0.00221. The normalized spacial score (nSPS) is 11.3. The summed E-state index contributed by atoms with van der Waals surface area (Å²) < 4.78 is 16.1. The van der Waals surface area contributed by atoms with Crippen molar-refractivity contribution in [3.8, 4) is 11.5 Å². The lowest BCUT2D eigenvalue weighted by Crippen LogP contribution is -2.33. The summed E-state index contributed by atoms with van der Waals surface area (Å²) in [7, 11) is -0.178. The molecule has 0 spiro atoms. The summed E-state index contributed by atoms with van der Waals surface area (Å²) in [4.78, 5) is 0. The highest BCUT2D eigenvalue weighted by molar-refractivity contribution is 6.60. The van der Waals surface area contributed by atoms with E-state index < -0.39 is 7.12 Å². The predicted octanol–water partition coefficient (Wildman–Crippen LogP) is 0.569. The van der Waals surface area contributed by atoms with Crippen molar-refractivity contribution in [3.05, 3.63) is 18.2 Å². The number of methoxy groups -OCH3 is 1. The van der Waals surface area contributed by atoms with Crippen LogP contribution < -0.4 is 14.9 Å². The van der Waals surface area contributed by atoms with E-state index in [9.17, 15) is 10.0 Å². The Morgan fingerprint density at radius 3 is 2.26 bits per heavy atom. The molecule has 6 heteroatoms. The lowest BCUT2D eigenvalue weighted by atomic mass is 9.78. The lowest BCUT2D eigenvalue weighted by molar-refractivity contribution is -0.0162. The minimum absolute atomic E-state index is 0.223. The molecule has 0 saturated heterocycles. The first-order valence-corrected chi connectivity index (χ1v) is 6.15. The molecular formula is C13H21BO5. The van der Waals surface area contributed by atoms with E-state index in [0.717, 1.165) is 0 Å². The quantitative estimate of drug-likeness (QED) is 0.583. The second-order valence-corrected chi connectivity index (χ2v) is 5.06. The monoisotopic (exact) mass is 268 g/mol. The molecule has 0 saturated carbocycles. The van der Waals surface area contributed by atoms with Gasteiger partial charge in [-0.05, 0) is 32.9 Å². The SMILES string of the molecule is COc1cccc(OCCOC(C)(C)C)c1B(O)O. The molecule has 1 rings (SSSR count). The summed E-state index contributed by atoms with van der Waals surface area (Å²) in [5, 5.41) is 18.7. The zero-order valence-electron chi connectivity index (χ0n) is 11.8. The van der Waals surface area contributed by atoms with E-state index >= 15 is 0 Å². The molecule has 0 unspecified atom stereocenters. The summed E-state index contributed by atoms with van der Waals surface area (Å²) in [6.45, 7) is 6.62. The van der Waals surface area contributed by atoms with Crippen molar-refractivity contribution in [2.75, 3.05) is 20.3 Å². The van der Waals surface area contributed by atoms with Gasteiger partial charge in [0, 0.05) is 0 Å². The van der Waals surface area contributed by atoms with E-state index in [1.165, 1.54) is 7.11 Å². The van der Waals surface area contributed by atoms with Crippen LogP contribution in [-0.4, -0.2) is 43.1 Å². The number of benzene rings is 1. The van der Waals surface area contributed by atoms with E-state index in [-0.39, 0.29) is 11.1 Å². The second-order valence-electron chi connectivity index (χ2n) is 5.06. The summed E-state index contributed by atoms with van der Waals surface area (Å²) in [6, 6.07) is 5.03. The van der Waals surface area contributed by atoms with Crippen molar-refractivity contribution < 1.29 is 24.3 Å². The van der Waals surface area contributed by atoms with Crippen molar-refractivity contribution in [3.63, 3.8) is 0 Å². The third-order valence-electron chi connectivity index (χ3n) is 2.38. The highest BCUT2D eigenvalue weighted by Gasteiger charge is 2.22. The van der Waals surface area contributed by atoms with Crippen LogP contribution in [0.3, 0.4) is 0 Å². The zero-order valence-corrected chi connectivity index (χ0v) is 11.8. The molecule has 0 amide bonds. The Kier molecular flexibility index (Phi) is 5.66. The molecule has 0 fully saturated rings. The van der Waals surface area contributed by atoms with Gasteiger partial charge in [0.05, 0.1) is 24.8 Å². The second kappa shape index (κ2) is 6.79. The van der Waals surface area contributed by atoms with Crippen molar-refractivity contribution >= 4 is 12.6 Å². The molecule has 0 bridgehead atoms. The smallest absolute Gasteiger partial charge is 0.496 e.